The number of H-pyrrole nitrogens is 1. The first-order chi connectivity index (χ1) is 11.9. The van der Waals surface area contributed by atoms with Crippen LogP contribution in [0.3, 0.4) is 0 Å². The van der Waals surface area contributed by atoms with Gasteiger partial charge in [0.25, 0.3) is 0 Å². The van der Waals surface area contributed by atoms with E-state index in [4.69, 9.17) is 26.8 Å². The molecule has 0 atom stereocenters. The van der Waals surface area contributed by atoms with Gasteiger partial charge in [0, 0.05) is 5.56 Å². The summed E-state index contributed by atoms with van der Waals surface area (Å²) in [4.78, 5) is 23.0. The first-order valence-electron chi connectivity index (χ1n) is 7.18. The van der Waals surface area contributed by atoms with Crippen LogP contribution in [0.1, 0.15) is 11.1 Å². The fourth-order valence-corrected chi connectivity index (χ4v) is 3.57. The number of halogens is 2. The molecule has 0 amide bonds. The van der Waals surface area contributed by atoms with E-state index in [-0.39, 0.29) is 23.3 Å². The first kappa shape index (κ1) is 17.6. The summed E-state index contributed by atoms with van der Waals surface area (Å²) in [5.41, 5.74) is 7.56. The Morgan fingerprint density at radius 1 is 1.36 bits per heavy atom. The van der Waals surface area contributed by atoms with Crippen LogP contribution in [0.5, 0.6) is 11.5 Å². The molecule has 0 unspecified atom stereocenters. The zero-order valence-electron chi connectivity index (χ0n) is 13.7. The molecule has 3 rings (SSSR count). The summed E-state index contributed by atoms with van der Waals surface area (Å²) in [7, 11) is 3.15. The van der Waals surface area contributed by atoms with Crippen molar-refractivity contribution in [1.82, 2.24) is 19.5 Å². The molecular formula is C15H15BrClN5O3. The molecule has 3 aromatic rings. The molecule has 8 nitrogen and oxygen atoms in total. The van der Waals surface area contributed by atoms with Crippen LogP contribution in [-0.2, 0) is 6.54 Å². The van der Waals surface area contributed by atoms with Crippen LogP contribution < -0.4 is 20.9 Å². The van der Waals surface area contributed by atoms with Crippen LogP contribution in [0.25, 0.3) is 11.2 Å². The highest BCUT2D eigenvalue weighted by Crippen LogP contribution is 2.38. The Morgan fingerprint density at radius 2 is 2.08 bits per heavy atom. The summed E-state index contributed by atoms with van der Waals surface area (Å²) in [6.07, 6.45) is 0. The zero-order valence-corrected chi connectivity index (χ0v) is 16.0. The van der Waals surface area contributed by atoms with Gasteiger partial charge in [-0.3, -0.25) is 4.57 Å². The monoisotopic (exact) mass is 427 g/mol. The molecule has 0 aliphatic heterocycles. The van der Waals surface area contributed by atoms with Crippen molar-refractivity contribution in [1.29, 1.82) is 0 Å². The van der Waals surface area contributed by atoms with Crippen LogP contribution in [0.15, 0.2) is 15.3 Å². The number of nitrogen functional groups attached to an aromatic ring is 1. The lowest BCUT2D eigenvalue weighted by atomic mass is 10.1. The lowest BCUT2D eigenvalue weighted by Crippen LogP contribution is -2.18. The Balaban J connectivity index is 2.20. The van der Waals surface area contributed by atoms with E-state index in [2.05, 4.69) is 30.9 Å². The standard InChI is InChI=1S/C15H15BrClN5O3/c1-6-8(24-2)4-7(9(16)11(6)25-3)5-22-13-10(19-15(22)23)12(17)20-14(18)21-13/h4H,5H2,1-3H3,(H,19,23)(H2,18,20,21). The quantitative estimate of drug-likeness (QED) is 0.618. The number of imidazole rings is 1. The van der Waals surface area contributed by atoms with Gasteiger partial charge in [0.1, 0.15) is 17.0 Å². The summed E-state index contributed by atoms with van der Waals surface area (Å²) in [5, 5.41) is 0.0940. The lowest BCUT2D eigenvalue weighted by Gasteiger charge is -2.16. The second-order valence-electron chi connectivity index (χ2n) is 5.30. The van der Waals surface area contributed by atoms with E-state index < -0.39 is 0 Å². The van der Waals surface area contributed by atoms with Crippen molar-refractivity contribution in [2.45, 2.75) is 13.5 Å². The molecule has 10 heteroatoms. The summed E-state index contributed by atoms with van der Waals surface area (Å²) < 4.78 is 13.0. The fraction of sp³-hybridized carbons (Fsp3) is 0.267. The molecule has 2 heterocycles. The van der Waals surface area contributed by atoms with E-state index in [1.54, 1.807) is 14.2 Å². The molecule has 132 valence electrons. The van der Waals surface area contributed by atoms with Gasteiger partial charge in [-0.25, -0.2) is 4.79 Å². The fourth-order valence-electron chi connectivity index (χ4n) is 2.65. The van der Waals surface area contributed by atoms with Gasteiger partial charge in [-0.2, -0.15) is 9.97 Å². The maximum absolute atomic E-state index is 12.4. The van der Waals surface area contributed by atoms with Crippen LogP contribution in [-0.4, -0.2) is 33.7 Å². The van der Waals surface area contributed by atoms with E-state index in [0.717, 1.165) is 15.6 Å². The zero-order chi connectivity index (χ0) is 18.3. The number of hydrogen-bond acceptors (Lipinski definition) is 6. The number of benzene rings is 1. The Morgan fingerprint density at radius 3 is 2.72 bits per heavy atom. The Bertz CT molecular complexity index is 1030. The van der Waals surface area contributed by atoms with Gasteiger partial charge in [-0.15, -0.1) is 0 Å². The molecule has 0 radical (unpaired) electrons. The van der Waals surface area contributed by atoms with E-state index >= 15 is 0 Å². The molecule has 2 aromatic heterocycles. The van der Waals surface area contributed by atoms with E-state index in [1.165, 1.54) is 4.57 Å². The first-order valence-corrected chi connectivity index (χ1v) is 8.36. The smallest absolute Gasteiger partial charge is 0.328 e. The second-order valence-corrected chi connectivity index (χ2v) is 6.45. The Hall–Kier alpha value is -2.26. The van der Waals surface area contributed by atoms with Crippen LogP contribution in [0.2, 0.25) is 5.15 Å². The van der Waals surface area contributed by atoms with Crippen molar-refractivity contribution in [3.8, 4) is 11.5 Å². The minimum atomic E-state index is -0.373. The molecule has 0 aliphatic rings. The number of anilines is 1. The van der Waals surface area contributed by atoms with Gasteiger partial charge in [-0.1, -0.05) is 11.6 Å². The number of methoxy groups -OCH3 is 2. The van der Waals surface area contributed by atoms with Crippen molar-refractivity contribution in [2.24, 2.45) is 0 Å². The summed E-state index contributed by atoms with van der Waals surface area (Å²) >= 11 is 9.56. The largest absolute Gasteiger partial charge is 0.496 e. The number of nitrogens with two attached hydrogens (primary N) is 1. The number of fused-ring (bicyclic) bond motifs is 1. The van der Waals surface area contributed by atoms with Crippen LogP contribution >= 0.6 is 27.5 Å². The molecule has 25 heavy (non-hydrogen) atoms. The molecule has 0 bridgehead atoms. The van der Waals surface area contributed by atoms with Gasteiger partial charge < -0.3 is 20.2 Å². The Kier molecular flexibility index (Phi) is 4.61. The van der Waals surface area contributed by atoms with Gasteiger partial charge in [0.2, 0.25) is 5.95 Å². The molecule has 0 fully saturated rings. The highest BCUT2D eigenvalue weighted by atomic mass is 79.9. The van der Waals surface area contributed by atoms with E-state index in [0.29, 0.717) is 22.7 Å². The average Bonchev–Trinajstić information content (AvgIpc) is 2.87. The highest BCUT2D eigenvalue weighted by molar-refractivity contribution is 9.10. The topological polar surface area (TPSA) is 108 Å². The normalized spacial score (nSPS) is 11.1. The minimum absolute atomic E-state index is 0.0108. The summed E-state index contributed by atoms with van der Waals surface area (Å²) in [6.45, 7) is 2.09. The average molecular weight is 429 g/mol. The van der Waals surface area contributed by atoms with Gasteiger partial charge in [0.15, 0.2) is 10.8 Å². The van der Waals surface area contributed by atoms with Crippen molar-refractivity contribution in [3.05, 3.63) is 37.3 Å². The van der Waals surface area contributed by atoms with E-state index in [9.17, 15) is 4.79 Å². The maximum atomic E-state index is 12.4. The highest BCUT2D eigenvalue weighted by Gasteiger charge is 2.19. The SMILES string of the molecule is COc1cc(Cn2c(=O)[nH]c3c(Cl)nc(N)nc32)c(Br)c(OC)c1C. The van der Waals surface area contributed by atoms with Crippen molar-refractivity contribution >= 4 is 44.6 Å². The predicted molar refractivity (Wildman–Crippen MR) is 98.7 cm³/mol. The minimum Gasteiger partial charge on any atom is -0.496 e. The van der Waals surface area contributed by atoms with Crippen molar-refractivity contribution in [3.63, 3.8) is 0 Å². The van der Waals surface area contributed by atoms with Crippen molar-refractivity contribution in [2.75, 3.05) is 20.0 Å². The molecule has 0 spiro atoms. The molecule has 0 saturated heterocycles. The lowest BCUT2D eigenvalue weighted by molar-refractivity contribution is 0.385. The molecule has 0 aliphatic carbocycles. The van der Waals surface area contributed by atoms with Gasteiger partial charge in [0.05, 0.1) is 25.2 Å². The maximum Gasteiger partial charge on any atom is 0.328 e. The Labute approximate surface area is 156 Å². The third kappa shape index (κ3) is 2.93. The van der Waals surface area contributed by atoms with Crippen molar-refractivity contribution < 1.29 is 9.47 Å². The number of rotatable bonds is 4. The molecule has 0 saturated carbocycles. The summed E-state index contributed by atoms with van der Waals surface area (Å²) in [5.74, 6) is 1.27. The van der Waals surface area contributed by atoms with Crippen LogP contribution in [0.4, 0.5) is 5.95 Å². The molecule has 1 aromatic carbocycles. The van der Waals surface area contributed by atoms with Gasteiger partial charge in [-0.05, 0) is 34.5 Å². The number of nitrogens with zero attached hydrogens (tertiary/aromatic N) is 3. The number of nitrogens with one attached hydrogen (secondary N) is 1. The van der Waals surface area contributed by atoms with E-state index in [1.807, 2.05) is 13.0 Å². The molecular weight excluding hydrogens is 414 g/mol. The third-order valence-electron chi connectivity index (χ3n) is 3.85. The number of aromatic nitrogens is 4. The number of aromatic amines is 1. The number of ether oxygens (including phenoxy) is 2. The summed E-state index contributed by atoms with van der Waals surface area (Å²) in [6, 6.07) is 1.83. The van der Waals surface area contributed by atoms with Gasteiger partial charge >= 0.3 is 5.69 Å². The predicted octanol–water partition coefficient (Wildman–Crippen LogP) is 2.49. The van der Waals surface area contributed by atoms with Crippen LogP contribution in [0, 0.1) is 6.92 Å². The number of hydrogen-bond donors (Lipinski definition) is 2. The second kappa shape index (κ2) is 6.57. The molecule has 3 N–H and O–H groups in total. The third-order valence-corrected chi connectivity index (χ3v) is 4.99.